The molecule has 1 amide bonds. The molecule has 0 aromatic heterocycles. The quantitative estimate of drug-likeness (QED) is 0.808. The van der Waals surface area contributed by atoms with Gasteiger partial charge in [-0.1, -0.05) is 30.3 Å². The summed E-state index contributed by atoms with van der Waals surface area (Å²) in [6.45, 7) is 5.49. The molecular formula is C22H28N2O3S. The molecule has 3 rings (SSSR count). The van der Waals surface area contributed by atoms with E-state index in [1.807, 2.05) is 32.9 Å². The summed E-state index contributed by atoms with van der Waals surface area (Å²) in [5.41, 5.74) is 6.17. The standard InChI is InChI=1S/C22H28N2O3S/c1-15-7-5-10-21(16(15)2)24(28(4,26)27)14-22(25)23-17(3)19-12-11-18-8-6-9-20(18)13-19/h5,7,10-13,17H,6,8-9,14H2,1-4H3,(H,23,25)/t17-/m1/s1. The van der Waals surface area contributed by atoms with Crippen LogP contribution in [0.3, 0.4) is 0 Å². The number of nitrogens with one attached hydrogen (secondary N) is 1. The van der Waals surface area contributed by atoms with Crippen molar-refractivity contribution in [1.82, 2.24) is 5.32 Å². The Morgan fingerprint density at radius 2 is 1.86 bits per heavy atom. The van der Waals surface area contributed by atoms with Gasteiger partial charge in [0.15, 0.2) is 0 Å². The lowest BCUT2D eigenvalue weighted by atomic mass is 10.0. The highest BCUT2D eigenvalue weighted by atomic mass is 32.2. The summed E-state index contributed by atoms with van der Waals surface area (Å²) < 4.78 is 25.9. The lowest BCUT2D eigenvalue weighted by molar-refractivity contribution is -0.120. The number of nitrogens with zero attached hydrogens (tertiary/aromatic N) is 1. The topological polar surface area (TPSA) is 66.5 Å². The molecule has 0 unspecified atom stereocenters. The van der Waals surface area contributed by atoms with E-state index >= 15 is 0 Å². The van der Waals surface area contributed by atoms with Gasteiger partial charge in [-0.25, -0.2) is 8.42 Å². The van der Waals surface area contributed by atoms with Crippen LogP contribution in [-0.2, 0) is 27.7 Å². The first-order valence-corrected chi connectivity index (χ1v) is 11.5. The third-order valence-electron chi connectivity index (χ3n) is 5.53. The number of carbonyl (C=O) groups excluding carboxylic acids is 1. The molecule has 0 heterocycles. The van der Waals surface area contributed by atoms with Crippen LogP contribution in [0.4, 0.5) is 5.69 Å². The Morgan fingerprint density at radius 1 is 1.14 bits per heavy atom. The molecule has 150 valence electrons. The summed E-state index contributed by atoms with van der Waals surface area (Å²) in [6, 6.07) is 11.6. The fourth-order valence-corrected chi connectivity index (χ4v) is 4.66. The number of aryl methyl sites for hydroxylation is 3. The maximum Gasteiger partial charge on any atom is 0.241 e. The van der Waals surface area contributed by atoms with Crippen molar-refractivity contribution in [1.29, 1.82) is 0 Å². The van der Waals surface area contributed by atoms with Crippen LogP contribution in [0.15, 0.2) is 36.4 Å². The van der Waals surface area contributed by atoms with Crippen molar-refractivity contribution in [2.45, 2.75) is 46.1 Å². The largest absolute Gasteiger partial charge is 0.348 e. The summed E-state index contributed by atoms with van der Waals surface area (Å²) >= 11 is 0. The fraction of sp³-hybridized carbons (Fsp3) is 0.409. The van der Waals surface area contributed by atoms with Gasteiger partial charge in [0.2, 0.25) is 15.9 Å². The zero-order chi connectivity index (χ0) is 20.5. The van der Waals surface area contributed by atoms with Gasteiger partial charge >= 0.3 is 0 Å². The molecule has 1 aliphatic carbocycles. The number of carbonyl (C=O) groups is 1. The number of hydrogen-bond donors (Lipinski definition) is 1. The zero-order valence-electron chi connectivity index (χ0n) is 17.0. The van der Waals surface area contributed by atoms with E-state index in [1.165, 1.54) is 21.9 Å². The minimum atomic E-state index is -3.59. The van der Waals surface area contributed by atoms with E-state index in [2.05, 4.69) is 17.4 Å². The molecule has 0 aliphatic heterocycles. The predicted molar refractivity (Wildman–Crippen MR) is 113 cm³/mol. The van der Waals surface area contributed by atoms with E-state index in [0.29, 0.717) is 5.69 Å². The molecular weight excluding hydrogens is 372 g/mol. The smallest absolute Gasteiger partial charge is 0.241 e. The molecule has 5 nitrogen and oxygen atoms in total. The van der Waals surface area contributed by atoms with E-state index in [-0.39, 0.29) is 18.5 Å². The molecule has 0 spiro atoms. The molecule has 1 aliphatic rings. The first-order chi connectivity index (χ1) is 13.2. The minimum absolute atomic E-state index is 0.182. The third-order valence-corrected chi connectivity index (χ3v) is 6.66. The number of hydrogen-bond acceptors (Lipinski definition) is 3. The summed E-state index contributed by atoms with van der Waals surface area (Å²) in [5, 5.41) is 2.95. The molecule has 0 radical (unpaired) electrons. The number of benzene rings is 2. The van der Waals surface area contributed by atoms with Crippen LogP contribution in [0.1, 0.15) is 47.2 Å². The van der Waals surface area contributed by atoms with E-state index in [4.69, 9.17) is 0 Å². The van der Waals surface area contributed by atoms with Crippen LogP contribution in [0.2, 0.25) is 0 Å². The van der Waals surface area contributed by atoms with Crippen molar-refractivity contribution in [2.75, 3.05) is 17.1 Å². The summed E-state index contributed by atoms with van der Waals surface area (Å²) in [7, 11) is -3.59. The number of rotatable bonds is 6. The highest BCUT2D eigenvalue weighted by molar-refractivity contribution is 7.92. The maximum atomic E-state index is 12.7. The van der Waals surface area contributed by atoms with E-state index in [9.17, 15) is 13.2 Å². The summed E-state index contributed by atoms with van der Waals surface area (Å²) in [4.78, 5) is 12.7. The van der Waals surface area contributed by atoms with Crippen molar-refractivity contribution in [3.8, 4) is 0 Å². The average molecular weight is 401 g/mol. The Labute approximate surface area is 167 Å². The normalized spacial score (nSPS) is 14.4. The SMILES string of the molecule is Cc1cccc(N(CC(=O)N[C@H](C)c2ccc3c(c2)CCC3)S(C)(=O)=O)c1C. The minimum Gasteiger partial charge on any atom is -0.348 e. The molecule has 0 bridgehead atoms. The van der Waals surface area contributed by atoms with Gasteiger partial charge in [-0.15, -0.1) is 0 Å². The molecule has 1 atom stereocenters. The van der Waals surface area contributed by atoms with Crippen LogP contribution < -0.4 is 9.62 Å². The van der Waals surface area contributed by atoms with Crippen LogP contribution in [0.25, 0.3) is 0 Å². The third kappa shape index (κ3) is 4.38. The van der Waals surface area contributed by atoms with E-state index in [0.717, 1.165) is 35.8 Å². The van der Waals surface area contributed by atoms with Crippen molar-refractivity contribution in [3.63, 3.8) is 0 Å². The molecule has 28 heavy (non-hydrogen) atoms. The second-order valence-electron chi connectivity index (χ2n) is 7.66. The predicted octanol–water partition coefficient (Wildman–Crippen LogP) is 3.44. The lowest BCUT2D eigenvalue weighted by Gasteiger charge is -2.25. The molecule has 2 aromatic rings. The van der Waals surface area contributed by atoms with Gasteiger partial charge in [0, 0.05) is 0 Å². The Hall–Kier alpha value is -2.34. The van der Waals surface area contributed by atoms with Crippen LogP contribution >= 0.6 is 0 Å². The molecule has 0 saturated carbocycles. The first kappa shape index (κ1) is 20.4. The van der Waals surface area contributed by atoms with Crippen molar-refractivity contribution in [2.24, 2.45) is 0 Å². The van der Waals surface area contributed by atoms with Gasteiger partial charge < -0.3 is 5.32 Å². The van der Waals surface area contributed by atoms with E-state index < -0.39 is 10.0 Å². The van der Waals surface area contributed by atoms with Crippen molar-refractivity contribution in [3.05, 3.63) is 64.2 Å². The maximum absolute atomic E-state index is 12.7. The average Bonchev–Trinajstić information content (AvgIpc) is 3.09. The van der Waals surface area contributed by atoms with Gasteiger partial charge in [0.05, 0.1) is 18.0 Å². The van der Waals surface area contributed by atoms with E-state index in [1.54, 1.807) is 12.1 Å². The summed E-state index contributed by atoms with van der Waals surface area (Å²) in [6.07, 6.45) is 4.51. The molecule has 1 N–H and O–H groups in total. The Bertz CT molecular complexity index is 999. The van der Waals surface area contributed by atoms with Gasteiger partial charge in [-0.2, -0.15) is 0 Å². The number of fused-ring (bicyclic) bond motifs is 1. The van der Waals surface area contributed by atoms with Gasteiger partial charge in [0.25, 0.3) is 0 Å². The number of sulfonamides is 1. The van der Waals surface area contributed by atoms with Gasteiger partial charge in [-0.3, -0.25) is 9.10 Å². The summed E-state index contributed by atoms with van der Waals surface area (Å²) in [5.74, 6) is -0.320. The number of anilines is 1. The Morgan fingerprint density at radius 3 is 2.57 bits per heavy atom. The van der Waals surface area contributed by atoms with Crippen molar-refractivity contribution >= 4 is 21.6 Å². The van der Waals surface area contributed by atoms with Crippen LogP contribution in [0.5, 0.6) is 0 Å². The molecule has 0 saturated heterocycles. The molecule has 0 fully saturated rings. The Kier molecular flexibility index (Phi) is 5.79. The van der Waals surface area contributed by atoms with Crippen LogP contribution in [-0.4, -0.2) is 27.1 Å². The monoisotopic (exact) mass is 400 g/mol. The highest BCUT2D eigenvalue weighted by Crippen LogP contribution is 2.26. The second-order valence-corrected chi connectivity index (χ2v) is 9.57. The second kappa shape index (κ2) is 7.95. The van der Waals surface area contributed by atoms with Crippen molar-refractivity contribution < 1.29 is 13.2 Å². The lowest BCUT2D eigenvalue weighted by Crippen LogP contribution is -2.41. The van der Waals surface area contributed by atoms with Gasteiger partial charge in [-0.05, 0) is 73.9 Å². The first-order valence-electron chi connectivity index (χ1n) is 9.62. The van der Waals surface area contributed by atoms with Gasteiger partial charge in [0.1, 0.15) is 6.54 Å². The highest BCUT2D eigenvalue weighted by Gasteiger charge is 2.24. The molecule has 2 aromatic carbocycles. The Balaban J connectivity index is 1.76. The number of amides is 1. The van der Waals surface area contributed by atoms with Crippen LogP contribution in [0, 0.1) is 13.8 Å². The fourth-order valence-electron chi connectivity index (χ4n) is 3.75. The zero-order valence-corrected chi connectivity index (χ0v) is 17.8. The molecule has 6 heteroatoms.